The third-order valence-electron chi connectivity index (χ3n) is 7.25. The zero-order valence-corrected chi connectivity index (χ0v) is 21.2. The summed E-state index contributed by atoms with van der Waals surface area (Å²) in [5.41, 5.74) is 4.90. The summed E-state index contributed by atoms with van der Waals surface area (Å²) in [5.74, 6) is 0.391. The molecule has 4 heterocycles. The normalized spacial score (nSPS) is 17.9. The van der Waals surface area contributed by atoms with Crippen molar-refractivity contribution in [1.29, 1.82) is 5.26 Å². The molecule has 7 nitrogen and oxygen atoms in total. The van der Waals surface area contributed by atoms with E-state index >= 15 is 0 Å². The van der Waals surface area contributed by atoms with Crippen LogP contribution in [0, 0.1) is 18.3 Å². The number of benzene rings is 3. The van der Waals surface area contributed by atoms with Gasteiger partial charge < -0.3 is 15.6 Å². The number of aryl methyl sites for hydroxylation is 1. The van der Waals surface area contributed by atoms with Gasteiger partial charge in [0.05, 0.1) is 28.7 Å². The summed E-state index contributed by atoms with van der Waals surface area (Å²) in [5, 5.41) is 23.1. The molecular weight excluding hydrogens is 528 g/mol. The van der Waals surface area contributed by atoms with Gasteiger partial charge in [0.25, 0.3) is 0 Å². The van der Waals surface area contributed by atoms with Crippen LogP contribution in [0.5, 0.6) is 0 Å². The largest absolute Gasteiger partial charge is 0.360 e. The molecule has 0 saturated carbocycles. The number of amides is 1. The van der Waals surface area contributed by atoms with Gasteiger partial charge in [-0.15, -0.1) is 0 Å². The van der Waals surface area contributed by atoms with Crippen LogP contribution in [-0.2, 0) is 10.2 Å². The van der Waals surface area contributed by atoms with Gasteiger partial charge >= 0.3 is 0 Å². The molecule has 2 aliphatic heterocycles. The van der Waals surface area contributed by atoms with E-state index in [2.05, 4.69) is 37.6 Å². The van der Waals surface area contributed by atoms with Crippen LogP contribution in [0.2, 0.25) is 0 Å². The Kier molecular flexibility index (Phi) is 4.50. The summed E-state index contributed by atoms with van der Waals surface area (Å²) in [6.07, 6.45) is 1.88. The molecule has 3 aromatic carbocycles. The van der Waals surface area contributed by atoms with Gasteiger partial charge in [0, 0.05) is 44.0 Å². The minimum absolute atomic E-state index is 0.270. The Morgan fingerprint density at radius 1 is 1.03 bits per heavy atom. The number of para-hydroxylation sites is 2. The maximum atomic E-state index is 14.1. The second kappa shape index (κ2) is 7.69. The lowest BCUT2D eigenvalue weighted by molar-refractivity contribution is -0.118. The quantitative estimate of drug-likeness (QED) is 0.252. The van der Waals surface area contributed by atoms with Crippen LogP contribution in [0.25, 0.3) is 22.3 Å². The molecule has 0 bridgehead atoms. The summed E-state index contributed by atoms with van der Waals surface area (Å²) >= 11 is 3.52. The van der Waals surface area contributed by atoms with E-state index in [4.69, 9.17) is 5.10 Å². The van der Waals surface area contributed by atoms with Crippen molar-refractivity contribution < 1.29 is 4.79 Å². The molecule has 1 atom stereocenters. The maximum Gasteiger partial charge on any atom is 0.245 e. The first-order chi connectivity index (χ1) is 18.0. The highest BCUT2D eigenvalue weighted by atomic mass is 79.9. The van der Waals surface area contributed by atoms with Gasteiger partial charge in [-0.2, -0.15) is 10.4 Å². The van der Waals surface area contributed by atoms with Gasteiger partial charge in [-0.1, -0.05) is 58.4 Å². The van der Waals surface area contributed by atoms with Gasteiger partial charge in [0.15, 0.2) is 0 Å². The average Bonchev–Trinajstić information content (AvgIpc) is 3.57. The van der Waals surface area contributed by atoms with Gasteiger partial charge in [-0.3, -0.25) is 4.79 Å². The van der Waals surface area contributed by atoms with Crippen molar-refractivity contribution in [2.75, 3.05) is 10.6 Å². The van der Waals surface area contributed by atoms with Crippen molar-refractivity contribution in [2.45, 2.75) is 12.3 Å². The third-order valence-corrected chi connectivity index (χ3v) is 7.74. The fourth-order valence-electron chi connectivity index (χ4n) is 5.74. The number of nitrogens with one attached hydrogen (secondary N) is 3. The van der Waals surface area contributed by atoms with Gasteiger partial charge in [-0.25, -0.2) is 4.68 Å². The van der Waals surface area contributed by atoms with Crippen LogP contribution in [0.15, 0.2) is 89.0 Å². The molecule has 1 spiro atoms. The predicted octanol–water partition coefficient (Wildman–Crippen LogP) is 6.02. The monoisotopic (exact) mass is 546 g/mol. The van der Waals surface area contributed by atoms with Crippen LogP contribution < -0.4 is 10.6 Å². The molecule has 0 radical (unpaired) electrons. The SMILES string of the molecule is Cc1nn(-c2ccccc2)c2c1C1(C(=O)Nc3cc(Br)ccc31)C(C#N)=C(c1c[nH]c3ccccc13)N2. The summed E-state index contributed by atoms with van der Waals surface area (Å²) < 4.78 is 2.66. The Morgan fingerprint density at radius 3 is 2.62 bits per heavy atom. The zero-order valence-electron chi connectivity index (χ0n) is 19.6. The Hall–Kier alpha value is -4.61. The highest BCUT2D eigenvalue weighted by molar-refractivity contribution is 9.10. The number of halogens is 1. The summed E-state index contributed by atoms with van der Waals surface area (Å²) in [7, 11) is 0. The molecule has 0 saturated heterocycles. The third kappa shape index (κ3) is 2.80. The molecule has 2 aliphatic rings. The van der Waals surface area contributed by atoms with E-state index in [0.29, 0.717) is 34.0 Å². The van der Waals surface area contributed by atoms with Crippen LogP contribution in [-0.4, -0.2) is 20.7 Å². The molecule has 3 N–H and O–H groups in total. The van der Waals surface area contributed by atoms with Crippen LogP contribution in [0.4, 0.5) is 11.5 Å². The first-order valence-corrected chi connectivity index (χ1v) is 12.6. The number of carbonyl (C=O) groups excluding carboxylic acids is 1. The number of rotatable bonds is 2. The van der Waals surface area contributed by atoms with Crippen molar-refractivity contribution in [3.63, 3.8) is 0 Å². The molecule has 37 heavy (non-hydrogen) atoms. The lowest BCUT2D eigenvalue weighted by Gasteiger charge is -2.34. The van der Waals surface area contributed by atoms with E-state index in [1.165, 1.54) is 0 Å². The summed E-state index contributed by atoms with van der Waals surface area (Å²) in [6, 6.07) is 25.8. The first kappa shape index (κ1) is 21.7. The van der Waals surface area contributed by atoms with E-state index in [0.717, 1.165) is 32.2 Å². The van der Waals surface area contributed by atoms with E-state index in [-0.39, 0.29) is 5.91 Å². The van der Waals surface area contributed by atoms with E-state index in [1.807, 2.05) is 90.6 Å². The Labute approximate surface area is 220 Å². The standard InChI is InChI=1S/C29H19BrN6O/c1-16-25-27(36(35-16)18-7-3-2-4-8-18)34-26(20-15-32-23-10-6-5-9-19(20)23)22(14-31)29(25)21-12-11-17(30)13-24(21)33-28(29)37/h2-13,15,32,34H,1H3,(H,33,37). The lowest BCUT2D eigenvalue weighted by atomic mass is 9.67. The van der Waals surface area contributed by atoms with E-state index in [1.54, 1.807) is 0 Å². The summed E-state index contributed by atoms with van der Waals surface area (Å²) in [4.78, 5) is 17.5. The number of fused-ring (bicyclic) bond motifs is 5. The molecular formula is C29H19BrN6O. The number of aromatic amines is 1. The molecule has 7 rings (SSSR count). The highest BCUT2D eigenvalue weighted by Gasteiger charge is 2.58. The molecule has 178 valence electrons. The first-order valence-electron chi connectivity index (χ1n) is 11.8. The van der Waals surface area contributed by atoms with Crippen molar-refractivity contribution >= 4 is 49.9 Å². The molecule has 2 aromatic heterocycles. The molecule has 5 aromatic rings. The van der Waals surface area contributed by atoms with E-state index in [9.17, 15) is 10.1 Å². The number of hydrogen-bond acceptors (Lipinski definition) is 4. The minimum Gasteiger partial charge on any atom is -0.360 e. The predicted molar refractivity (Wildman–Crippen MR) is 146 cm³/mol. The molecule has 8 heteroatoms. The minimum atomic E-state index is -1.36. The average molecular weight is 547 g/mol. The number of aromatic nitrogens is 3. The van der Waals surface area contributed by atoms with Gasteiger partial charge in [0.1, 0.15) is 11.2 Å². The lowest BCUT2D eigenvalue weighted by Crippen LogP contribution is -2.42. The molecule has 1 unspecified atom stereocenters. The van der Waals surface area contributed by atoms with Crippen molar-refractivity contribution in [3.8, 4) is 11.8 Å². The number of nitriles is 1. The highest BCUT2D eigenvalue weighted by Crippen LogP contribution is 2.56. The van der Waals surface area contributed by atoms with Crippen LogP contribution in [0.3, 0.4) is 0 Å². The molecule has 0 fully saturated rings. The van der Waals surface area contributed by atoms with Crippen LogP contribution >= 0.6 is 15.9 Å². The number of nitrogens with zero attached hydrogens (tertiary/aromatic N) is 3. The maximum absolute atomic E-state index is 14.1. The molecule has 0 aliphatic carbocycles. The van der Waals surface area contributed by atoms with Crippen molar-refractivity contribution in [3.05, 3.63) is 111 Å². The topological polar surface area (TPSA) is 98.5 Å². The fraction of sp³-hybridized carbons (Fsp3) is 0.0690. The summed E-state index contributed by atoms with van der Waals surface area (Å²) in [6.45, 7) is 1.89. The Bertz CT molecular complexity index is 1840. The van der Waals surface area contributed by atoms with Crippen LogP contribution in [0.1, 0.15) is 22.4 Å². The molecule has 1 amide bonds. The number of anilines is 2. The van der Waals surface area contributed by atoms with Gasteiger partial charge in [-0.05, 0) is 37.3 Å². The number of hydrogen-bond donors (Lipinski definition) is 3. The van der Waals surface area contributed by atoms with Gasteiger partial charge in [0.2, 0.25) is 5.91 Å². The number of carbonyl (C=O) groups is 1. The number of H-pyrrole nitrogens is 1. The van der Waals surface area contributed by atoms with E-state index < -0.39 is 5.41 Å². The second-order valence-corrected chi connectivity index (χ2v) is 10.1. The Balaban J connectivity index is 1.63. The van der Waals surface area contributed by atoms with Crippen molar-refractivity contribution in [1.82, 2.24) is 14.8 Å². The zero-order chi connectivity index (χ0) is 25.3. The fourth-order valence-corrected chi connectivity index (χ4v) is 6.10. The smallest absolute Gasteiger partial charge is 0.245 e. The second-order valence-electron chi connectivity index (χ2n) is 9.19. The van der Waals surface area contributed by atoms with Crippen molar-refractivity contribution in [2.24, 2.45) is 0 Å². The Morgan fingerprint density at radius 2 is 1.81 bits per heavy atom.